The fourth-order valence-corrected chi connectivity index (χ4v) is 1.31. The van der Waals surface area contributed by atoms with Crippen LogP contribution in [0.2, 0.25) is 0 Å². The lowest BCUT2D eigenvalue weighted by Gasteiger charge is -2.29. The summed E-state index contributed by atoms with van der Waals surface area (Å²) in [5.74, 6) is -0.0531. The molecule has 0 bridgehead atoms. The quantitative estimate of drug-likeness (QED) is 0.479. The van der Waals surface area contributed by atoms with Crippen molar-refractivity contribution in [2.75, 3.05) is 27.3 Å². The Morgan fingerprint density at radius 2 is 2.06 bits per heavy atom. The van der Waals surface area contributed by atoms with E-state index >= 15 is 0 Å². The molecule has 1 amide bonds. The predicted octanol–water partition coefficient (Wildman–Crippen LogP) is -0.256. The molecule has 2 unspecified atom stereocenters. The molecule has 0 aliphatic rings. The number of nitrogens with one attached hydrogen (secondary N) is 1. The Morgan fingerprint density at radius 3 is 2.50 bits per heavy atom. The Balaban J connectivity index is 4.15. The van der Waals surface area contributed by atoms with Crippen LogP contribution in [-0.2, 0) is 9.53 Å². The van der Waals surface area contributed by atoms with Crippen LogP contribution in [0.15, 0.2) is 0 Å². The third-order valence-electron chi connectivity index (χ3n) is 2.62. The maximum atomic E-state index is 11.7. The molecule has 0 rings (SSSR count). The third-order valence-corrected chi connectivity index (χ3v) is 2.96. The highest BCUT2D eigenvalue weighted by atomic mass is 32.1. The minimum atomic E-state index is -0.270. The summed E-state index contributed by atoms with van der Waals surface area (Å²) in [6, 6.07) is -0.369. The predicted molar refractivity (Wildman–Crippen MR) is 68.4 cm³/mol. The number of amides is 1. The van der Waals surface area contributed by atoms with Gasteiger partial charge < -0.3 is 15.8 Å². The van der Waals surface area contributed by atoms with Gasteiger partial charge in [-0.15, -0.1) is 0 Å². The molecular formula is C10H21N3O2S. The topological polar surface area (TPSA) is 67.6 Å². The highest BCUT2D eigenvalue weighted by Crippen LogP contribution is 2.02. The van der Waals surface area contributed by atoms with Crippen molar-refractivity contribution >= 4 is 23.1 Å². The Morgan fingerprint density at radius 1 is 1.50 bits per heavy atom. The van der Waals surface area contributed by atoms with Crippen molar-refractivity contribution in [2.45, 2.75) is 25.9 Å². The summed E-state index contributed by atoms with van der Waals surface area (Å²) in [6.07, 6.45) is 0. The molecule has 5 nitrogen and oxygen atoms in total. The van der Waals surface area contributed by atoms with Crippen molar-refractivity contribution in [3.05, 3.63) is 0 Å². The lowest BCUT2D eigenvalue weighted by Crippen LogP contribution is -2.50. The molecule has 0 saturated heterocycles. The number of methoxy groups -OCH3 is 1. The van der Waals surface area contributed by atoms with Gasteiger partial charge in [-0.05, 0) is 20.9 Å². The summed E-state index contributed by atoms with van der Waals surface area (Å²) >= 11 is 4.89. The molecule has 2 atom stereocenters. The van der Waals surface area contributed by atoms with E-state index < -0.39 is 0 Å². The summed E-state index contributed by atoms with van der Waals surface area (Å²) in [5, 5.41) is 2.77. The number of hydrogen-bond acceptors (Lipinski definition) is 4. The van der Waals surface area contributed by atoms with E-state index in [4.69, 9.17) is 22.7 Å². The lowest BCUT2D eigenvalue weighted by atomic mass is 10.2. The number of hydrogen-bond donors (Lipinski definition) is 2. The van der Waals surface area contributed by atoms with E-state index in [-0.39, 0.29) is 18.0 Å². The minimum absolute atomic E-state index is 0.0531. The van der Waals surface area contributed by atoms with Crippen LogP contribution >= 0.6 is 12.2 Å². The average Bonchev–Trinajstić information content (AvgIpc) is 2.26. The number of thiocarbonyl (C=S) groups is 1. The molecule has 0 heterocycles. The molecule has 0 radical (unpaired) electrons. The molecule has 0 saturated carbocycles. The zero-order valence-electron chi connectivity index (χ0n) is 10.3. The molecule has 0 aromatic carbocycles. The first kappa shape index (κ1) is 15.3. The van der Waals surface area contributed by atoms with Crippen LogP contribution in [0.1, 0.15) is 13.8 Å². The van der Waals surface area contributed by atoms with Crippen LogP contribution in [0.25, 0.3) is 0 Å². The molecule has 0 aromatic heterocycles. The number of rotatable bonds is 7. The van der Waals surface area contributed by atoms with Crippen molar-refractivity contribution in [1.82, 2.24) is 10.2 Å². The van der Waals surface area contributed by atoms with E-state index in [0.29, 0.717) is 18.1 Å². The molecule has 0 fully saturated rings. The fraction of sp³-hybridized carbons (Fsp3) is 0.800. The number of ether oxygens (including phenoxy) is 1. The molecular weight excluding hydrogens is 226 g/mol. The van der Waals surface area contributed by atoms with Crippen molar-refractivity contribution in [3.8, 4) is 0 Å². The molecule has 0 aromatic rings. The molecule has 6 heteroatoms. The summed E-state index contributed by atoms with van der Waals surface area (Å²) in [6.45, 7) is 4.71. The van der Waals surface area contributed by atoms with E-state index in [1.807, 2.05) is 25.8 Å². The fourth-order valence-electron chi connectivity index (χ4n) is 1.15. The maximum Gasteiger partial charge on any atom is 0.237 e. The number of carbonyl (C=O) groups excluding carboxylic acids is 1. The second kappa shape index (κ2) is 7.54. The normalized spacial score (nSPS) is 14.6. The first-order chi connectivity index (χ1) is 7.41. The van der Waals surface area contributed by atoms with Gasteiger partial charge in [0.25, 0.3) is 0 Å². The van der Waals surface area contributed by atoms with Gasteiger partial charge in [-0.2, -0.15) is 0 Å². The highest BCUT2D eigenvalue weighted by Gasteiger charge is 2.23. The van der Waals surface area contributed by atoms with E-state index in [0.717, 1.165) is 0 Å². The van der Waals surface area contributed by atoms with Gasteiger partial charge in [0.2, 0.25) is 5.91 Å². The van der Waals surface area contributed by atoms with E-state index in [2.05, 4.69) is 5.32 Å². The number of nitrogens with two attached hydrogens (primary N) is 1. The summed E-state index contributed by atoms with van der Waals surface area (Å²) in [5.41, 5.74) is 5.53. The van der Waals surface area contributed by atoms with Crippen molar-refractivity contribution in [2.24, 2.45) is 5.73 Å². The van der Waals surface area contributed by atoms with E-state index in [1.165, 1.54) is 0 Å². The largest absolute Gasteiger partial charge is 0.392 e. The van der Waals surface area contributed by atoms with Gasteiger partial charge in [0.05, 0.1) is 23.7 Å². The van der Waals surface area contributed by atoms with Gasteiger partial charge in [0.1, 0.15) is 0 Å². The molecule has 94 valence electrons. The SMILES string of the molecule is COCCNC(=O)C(C)N(C)C(C)C(N)=S. The maximum absolute atomic E-state index is 11.7. The zero-order valence-corrected chi connectivity index (χ0v) is 11.1. The zero-order chi connectivity index (χ0) is 12.7. The minimum Gasteiger partial charge on any atom is -0.392 e. The number of nitrogens with zero attached hydrogens (tertiary/aromatic N) is 1. The van der Waals surface area contributed by atoms with Crippen LogP contribution in [0.4, 0.5) is 0 Å². The van der Waals surface area contributed by atoms with Crippen LogP contribution in [0.3, 0.4) is 0 Å². The molecule has 0 aliphatic carbocycles. The average molecular weight is 247 g/mol. The second-order valence-corrected chi connectivity index (χ2v) is 4.18. The number of carbonyl (C=O) groups is 1. The van der Waals surface area contributed by atoms with Crippen LogP contribution < -0.4 is 11.1 Å². The molecule has 0 spiro atoms. The Bertz CT molecular complexity index is 248. The van der Waals surface area contributed by atoms with Gasteiger partial charge in [0, 0.05) is 13.7 Å². The summed E-state index contributed by atoms with van der Waals surface area (Å²) < 4.78 is 4.85. The Hall–Kier alpha value is -0.720. The first-order valence-electron chi connectivity index (χ1n) is 5.19. The van der Waals surface area contributed by atoms with Crippen LogP contribution in [0.5, 0.6) is 0 Å². The van der Waals surface area contributed by atoms with Crippen LogP contribution in [0, 0.1) is 0 Å². The van der Waals surface area contributed by atoms with E-state index in [1.54, 1.807) is 7.11 Å². The lowest BCUT2D eigenvalue weighted by molar-refractivity contribution is -0.125. The molecule has 0 aliphatic heterocycles. The van der Waals surface area contributed by atoms with Gasteiger partial charge in [0.15, 0.2) is 0 Å². The Labute approximate surface area is 102 Å². The van der Waals surface area contributed by atoms with Crippen molar-refractivity contribution in [3.63, 3.8) is 0 Å². The van der Waals surface area contributed by atoms with Crippen molar-refractivity contribution in [1.29, 1.82) is 0 Å². The number of likely N-dealkylation sites (N-methyl/N-ethyl adjacent to an activating group) is 1. The van der Waals surface area contributed by atoms with Gasteiger partial charge in [-0.25, -0.2) is 0 Å². The molecule has 16 heavy (non-hydrogen) atoms. The smallest absolute Gasteiger partial charge is 0.237 e. The van der Waals surface area contributed by atoms with E-state index in [9.17, 15) is 4.79 Å². The second-order valence-electron chi connectivity index (χ2n) is 3.70. The van der Waals surface area contributed by atoms with Crippen molar-refractivity contribution < 1.29 is 9.53 Å². The standard InChI is InChI=1S/C10H21N3O2S/c1-7(9(11)16)13(3)8(2)10(14)12-5-6-15-4/h7-8H,5-6H2,1-4H3,(H2,11,16)(H,12,14). The summed E-state index contributed by atoms with van der Waals surface area (Å²) in [7, 11) is 3.42. The monoisotopic (exact) mass is 247 g/mol. The van der Waals surface area contributed by atoms with Crippen LogP contribution in [-0.4, -0.2) is 55.2 Å². The highest BCUT2D eigenvalue weighted by molar-refractivity contribution is 7.80. The van der Waals surface area contributed by atoms with Gasteiger partial charge >= 0.3 is 0 Å². The molecule has 3 N–H and O–H groups in total. The first-order valence-corrected chi connectivity index (χ1v) is 5.60. The Kier molecular flexibility index (Phi) is 7.20. The third kappa shape index (κ3) is 4.87. The summed E-state index contributed by atoms with van der Waals surface area (Å²) in [4.78, 5) is 13.9. The van der Waals surface area contributed by atoms with Gasteiger partial charge in [-0.3, -0.25) is 9.69 Å². The van der Waals surface area contributed by atoms with Gasteiger partial charge in [-0.1, -0.05) is 12.2 Å².